The van der Waals surface area contributed by atoms with Crippen molar-refractivity contribution < 1.29 is 19.0 Å². The zero-order valence-electron chi connectivity index (χ0n) is 19.3. The summed E-state index contributed by atoms with van der Waals surface area (Å²) in [4.78, 5) is 24.1. The minimum Gasteiger partial charge on any atom is -0.493 e. The average molecular weight is 455 g/mol. The van der Waals surface area contributed by atoms with Gasteiger partial charge in [0.2, 0.25) is 5.75 Å². The van der Waals surface area contributed by atoms with E-state index < -0.39 is 0 Å². The van der Waals surface area contributed by atoms with Crippen LogP contribution < -0.4 is 24.4 Å². The van der Waals surface area contributed by atoms with E-state index in [1.54, 1.807) is 23.1 Å². The molecule has 10 heteroatoms. The number of nitrogens with zero attached hydrogens (tertiary/aromatic N) is 5. The highest BCUT2D eigenvalue weighted by Crippen LogP contribution is 2.38. The van der Waals surface area contributed by atoms with Gasteiger partial charge in [0.1, 0.15) is 12.1 Å². The van der Waals surface area contributed by atoms with Crippen molar-refractivity contribution in [1.82, 2.24) is 25.1 Å². The Balaban J connectivity index is 1.45. The fourth-order valence-corrected chi connectivity index (χ4v) is 4.17. The van der Waals surface area contributed by atoms with Gasteiger partial charge in [0, 0.05) is 25.2 Å². The molecular weight excluding hydrogens is 424 g/mol. The lowest BCUT2D eigenvalue weighted by Gasteiger charge is -2.21. The summed E-state index contributed by atoms with van der Waals surface area (Å²) in [6, 6.07) is 3.25. The van der Waals surface area contributed by atoms with E-state index in [4.69, 9.17) is 14.2 Å². The zero-order valence-corrected chi connectivity index (χ0v) is 19.3. The van der Waals surface area contributed by atoms with Crippen LogP contribution in [-0.2, 0) is 6.54 Å². The monoisotopic (exact) mass is 454 g/mol. The van der Waals surface area contributed by atoms with Crippen molar-refractivity contribution in [2.24, 2.45) is 0 Å². The first kappa shape index (κ1) is 22.6. The molecule has 4 rings (SSSR count). The molecule has 3 heterocycles. The maximum Gasteiger partial charge on any atom is 0.251 e. The standard InChI is InChI=1S/C23H30N6O4/c1-31-18-12-16(13-19(32-2)20(18)33-3)23(30)24-8-11-29-22-17(14-27-29)21(25-15-26-22)28-9-6-4-5-7-10-28/h12-15H,4-11H2,1-3H3,(H,24,30). The molecule has 33 heavy (non-hydrogen) atoms. The Morgan fingerprint density at radius 1 is 1.00 bits per heavy atom. The molecule has 1 saturated heterocycles. The fraction of sp³-hybridized carbons (Fsp3) is 0.478. The molecule has 0 aliphatic carbocycles. The molecule has 0 saturated carbocycles. The van der Waals surface area contributed by atoms with E-state index in [1.807, 2.05) is 6.20 Å². The normalized spacial score (nSPS) is 14.1. The Kier molecular flexibility index (Phi) is 7.11. The van der Waals surface area contributed by atoms with Crippen LogP contribution in [0, 0.1) is 0 Å². The molecule has 3 aromatic rings. The molecule has 1 aromatic carbocycles. The van der Waals surface area contributed by atoms with Crippen LogP contribution in [0.5, 0.6) is 17.2 Å². The van der Waals surface area contributed by atoms with E-state index in [0.717, 1.165) is 29.9 Å². The second kappa shape index (κ2) is 10.4. The van der Waals surface area contributed by atoms with Gasteiger partial charge in [-0.2, -0.15) is 5.10 Å². The first-order chi connectivity index (χ1) is 16.2. The van der Waals surface area contributed by atoms with E-state index in [1.165, 1.54) is 47.0 Å². The number of nitrogens with one attached hydrogen (secondary N) is 1. The van der Waals surface area contributed by atoms with Crippen LogP contribution in [-0.4, -0.2) is 66.6 Å². The molecule has 0 radical (unpaired) electrons. The van der Waals surface area contributed by atoms with E-state index in [9.17, 15) is 4.79 Å². The van der Waals surface area contributed by atoms with Crippen molar-refractivity contribution in [3.8, 4) is 17.2 Å². The predicted octanol–water partition coefficient (Wildman–Crippen LogP) is 2.66. The summed E-state index contributed by atoms with van der Waals surface area (Å²) in [5, 5.41) is 8.36. The number of amides is 1. The molecule has 1 fully saturated rings. The van der Waals surface area contributed by atoms with Gasteiger partial charge >= 0.3 is 0 Å². The van der Waals surface area contributed by atoms with Crippen molar-refractivity contribution in [2.75, 3.05) is 45.9 Å². The molecule has 2 aromatic heterocycles. The van der Waals surface area contributed by atoms with Crippen molar-refractivity contribution in [3.63, 3.8) is 0 Å². The van der Waals surface area contributed by atoms with Crippen molar-refractivity contribution in [3.05, 3.63) is 30.2 Å². The van der Waals surface area contributed by atoms with Gasteiger partial charge in [-0.1, -0.05) is 12.8 Å². The fourth-order valence-electron chi connectivity index (χ4n) is 4.17. The van der Waals surface area contributed by atoms with E-state index >= 15 is 0 Å². The number of hydrogen-bond donors (Lipinski definition) is 1. The van der Waals surface area contributed by atoms with Crippen molar-refractivity contribution >= 4 is 22.8 Å². The van der Waals surface area contributed by atoms with Crippen molar-refractivity contribution in [2.45, 2.75) is 32.2 Å². The molecule has 0 atom stereocenters. The summed E-state index contributed by atoms with van der Waals surface area (Å²) in [5.41, 5.74) is 1.19. The number of methoxy groups -OCH3 is 3. The third kappa shape index (κ3) is 4.79. The number of carbonyl (C=O) groups is 1. The molecule has 1 amide bonds. The first-order valence-corrected chi connectivity index (χ1v) is 11.2. The summed E-state index contributed by atoms with van der Waals surface area (Å²) >= 11 is 0. The topological polar surface area (TPSA) is 104 Å². The quantitative estimate of drug-likeness (QED) is 0.554. The summed E-state index contributed by atoms with van der Waals surface area (Å²) in [6.07, 6.45) is 8.27. The van der Waals surface area contributed by atoms with Crippen LogP contribution in [0.4, 0.5) is 5.82 Å². The lowest BCUT2D eigenvalue weighted by Crippen LogP contribution is -2.27. The maximum absolute atomic E-state index is 12.7. The Labute approximate surface area is 192 Å². The third-order valence-corrected chi connectivity index (χ3v) is 5.85. The van der Waals surface area contributed by atoms with Gasteiger partial charge in [0.05, 0.1) is 39.5 Å². The maximum atomic E-state index is 12.7. The number of carbonyl (C=O) groups excluding carboxylic acids is 1. The molecule has 10 nitrogen and oxygen atoms in total. The van der Waals surface area contributed by atoms with Gasteiger partial charge in [0.15, 0.2) is 17.1 Å². The van der Waals surface area contributed by atoms with Crippen LogP contribution in [0.25, 0.3) is 11.0 Å². The number of aromatic nitrogens is 4. The van der Waals surface area contributed by atoms with Crippen LogP contribution >= 0.6 is 0 Å². The second-order valence-corrected chi connectivity index (χ2v) is 7.87. The van der Waals surface area contributed by atoms with Gasteiger partial charge in [-0.3, -0.25) is 4.79 Å². The number of benzene rings is 1. The van der Waals surface area contributed by atoms with Gasteiger partial charge in [-0.05, 0) is 25.0 Å². The molecule has 1 aliphatic rings. The van der Waals surface area contributed by atoms with Gasteiger partial charge in [-0.25, -0.2) is 14.6 Å². The molecule has 1 N–H and O–H groups in total. The highest BCUT2D eigenvalue weighted by atomic mass is 16.5. The Morgan fingerprint density at radius 3 is 2.33 bits per heavy atom. The minimum absolute atomic E-state index is 0.245. The van der Waals surface area contributed by atoms with Gasteiger partial charge < -0.3 is 24.4 Å². The molecular formula is C23H30N6O4. The highest BCUT2D eigenvalue weighted by Gasteiger charge is 2.19. The summed E-state index contributed by atoms with van der Waals surface area (Å²) in [5.74, 6) is 2.00. The first-order valence-electron chi connectivity index (χ1n) is 11.2. The minimum atomic E-state index is -0.245. The van der Waals surface area contributed by atoms with Gasteiger partial charge in [0.25, 0.3) is 5.91 Å². The lowest BCUT2D eigenvalue weighted by atomic mass is 10.1. The van der Waals surface area contributed by atoms with Crippen molar-refractivity contribution in [1.29, 1.82) is 0 Å². The third-order valence-electron chi connectivity index (χ3n) is 5.85. The number of hydrogen-bond acceptors (Lipinski definition) is 8. The van der Waals surface area contributed by atoms with Crippen LogP contribution in [0.2, 0.25) is 0 Å². The Morgan fingerprint density at radius 2 is 1.70 bits per heavy atom. The summed E-state index contributed by atoms with van der Waals surface area (Å²) < 4.78 is 17.8. The lowest BCUT2D eigenvalue weighted by molar-refractivity contribution is 0.0951. The SMILES string of the molecule is COc1cc(C(=O)NCCn2ncc3c(N4CCCCCC4)ncnc32)cc(OC)c1OC. The molecule has 0 spiro atoms. The van der Waals surface area contributed by atoms with Gasteiger partial charge in [-0.15, -0.1) is 0 Å². The van der Waals surface area contributed by atoms with E-state index in [-0.39, 0.29) is 5.91 Å². The molecule has 0 bridgehead atoms. The van der Waals surface area contributed by atoms with Crippen LogP contribution in [0.3, 0.4) is 0 Å². The zero-order chi connectivity index (χ0) is 23.2. The number of ether oxygens (including phenoxy) is 3. The number of rotatable bonds is 8. The Bertz CT molecular complexity index is 1080. The highest BCUT2D eigenvalue weighted by molar-refractivity contribution is 5.95. The number of anilines is 1. The molecule has 176 valence electrons. The second-order valence-electron chi connectivity index (χ2n) is 7.87. The molecule has 0 unspecified atom stereocenters. The summed E-state index contributed by atoms with van der Waals surface area (Å²) in [6.45, 7) is 2.87. The van der Waals surface area contributed by atoms with E-state index in [0.29, 0.717) is 35.9 Å². The number of fused-ring (bicyclic) bond motifs is 1. The average Bonchev–Trinajstić information content (AvgIpc) is 3.07. The Hall–Kier alpha value is -3.56. The largest absolute Gasteiger partial charge is 0.493 e. The summed E-state index contributed by atoms with van der Waals surface area (Å²) in [7, 11) is 4.56. The molecule has 1 aliphatic heterocycles. The van der Waals surface area contributed by atoms with E-state index in [2.05, 4.69) is 25.3 Å². The van der Waals surface area contributed by atoms with Crippen LogP contribution in [0.15, 0.2) is 24.7 Å². The predicted molar refractivity (Wildman–Crippen MR) is 124 cm³/mol. The smallest absolute Gasteiger partial charge is 0.251 e. The van der Waals surface area contributed by atoms with Crippen LogP contribution in [0.1, 0.15) is 36.0 Å².